The van der Waals surface area contributed by atoms with Crippen molar-refractivity contribution in [2.24, 2.45) is 5.92 Å². The molecule has 96 valence electrons. The Balaban J connectivity index is 2.20. The van der Waals surface area contributed by atoms with Gasteiger partial charge in [0.05, 0.1) is 18.2 Å². The molecule has 0 aromatic carbocycles. The van der Waals surface area contributed by atoms with Crippen molar-refractivity contribution in [3.05, 3.63) is 24.3 Å². The van der Waals surface area contributed by atoms with Gasteiger partial charge in [0, 0.05) is 12.2 Å². The second kappa shape index (κ2) is 5.00. The van der Waals surface area contributed by atoms with Gasteiger partial charge in [-0.25, -0.2) is 17.5 Å². The summed E-state index contributed by atoms with van der Waals surface area (Å²) in [5.74, 6) is -1.03. The van der Waals surface area contributed by atoms with Crippen molar-refractivity contribution < 1.29 is 12.8 Å². The van der Waals surface area contributed by atoms with Gasteiger partial charge in [-0.15, -0.1) is 0 Å². The lowest BCUT2D eigenvalue weighted by Gasteiger charge is -2.15. The number of nitrogens with one attached hydrogen (secondary N) is 1. The number of halogens is 1. The van der Waals surface area contributed by atoms with Crippen LogP contribution in [-0.2, 0) is 10.0 Å². The molecule has 1 N–H and O–H groups in total. The van der Waals surface area contributed by atoms with Crippen molar-refractivity contribution in [3.8, 4) is 6.07 Å². The zero-order valence-corrected chi connectivity index (χ0v) is 10.3. The Morgan fingerprint density at radius 3 is 2.89 bits per heavy atom. The number of hydrogen-bond donors (Lipinski definition) is 1. The summed E-state index contributed by atoms with van der Waals surface area (Å²) in [5, 5.41) is 8.89. The SMILES string of the molecule is N#CC1CCCC1NS(=O)(=O)c1cncc(F)c1. The van der Waals surface area contributed by atoms with Crippen molar-refractivity contribution in [2.45, 2.75) is 30.2 Å². The van der Waals surface area contributed by atoms with Crippen LogP contribution in [0, 0.1) is 23.1 Å². The molecule has 2 rings (SSSR count). The van der Waals surface area contributed by atoms with Crippen molar-refractivity contribution in [1.29, 1.82) is 5.26 Å². The van der Waals surface area contributed by atoms with Crippen molar-refractivity contribution in [3.63, 3.8) is 0 Å². The molecule has 0 amide bonds. The van der Waals surface area contributed by atoms with Crippen molar-refractivity contribution in [2.75, 3.05) is 0 Å². The molecule has 2 unspecified atom stereocenters. The highest BCUT2D eigenvalue weighted by Crippen LogP contribution is 2.26. The fourth-order valence-corrected chi connectivity index (χ4v) is 3.35. The summed E-state index contributed by atoms with van der Waals surface area (Å²) in [6, 6.07) is 2.59. The number of pyridine rings is 1. The van der Waals surface area contributed by atoms with Crippen LogP contribution in [0.5, 0.6) is 0 Å². The Morgan fingerprint density at radius 1 is 1.44 bits per heavy atom. The number of sulfonamides is 1. The lowest BCUT2D eigenvalue weighted by molar-refractivity contribution is 0.514. The first-order chi connectivity index (χ1) is 8.53. The third-order valence-corrected chi connectivity index (χ3v) is 4.44. The Bertz CT molecular complexity index is 582. The lowest BCUT2D eigenvalue weighted by atomic mass is 10.1. The van der Waals surface area contributed by atoms with Gasteiger partial charge < -0.3 is 0 Å². The zero-order valence-electron chi connectivity index (χ0n) is 9.51. The third-order valence-electron chi connectivity index (χ3n) is 2.98. The van der Waals surface area contributed by atoms with Gasteiger partial charge in [0.1, 0.15) is 10.7 Å². The first kappa shape index (κ1) is 12.9. The molecule has 2 atom stereocenters. The van der Waals surface area contributed by atoms with E-state index in [1.807, 2.05) is 0 Å². The predicted octanol–water partition coefficient (Wildman–Crippen LogP) is 1.19. The van der Waals surface area contributed by atoms with Crippen molar-refractivity contribution >= 4 is 10.0 Å². The van der Waals surface area contributed by atoms with Gasteiger partial charge in [0.15, 0.2) is 0 Å². The third kappa shape index (κ3) is 2.66. The van der Waals surface area contributed by atoms with E-state index < -0.39 is 21.9 Å². The molecule has 1 aliphatic rings. The summed E-state index contributed by atoms with van der Waals surface area (Å²) in [6.45, 7) is 0. The molecular weight excluding hydrogens is 257 g/mol. The van der Waals surface area contributed by atoms with Gasteiger partial charge in [-0.1, -0.05) is 6.42 Å². The highest BCUT2D eigenvalue weighted by atomic mass is 32.2. The van der Waals surface area contributed by atoms with E-state index in [2.05, 4.69) is 15.8 Å². The molecule has 0 saturated heterocycles. The highest BCUT2D eigenvalue weighted by Gasteiger charge is 2.31. The number of nitrogens with zero attached hydrogens (tertiary/aromatic N) is 2. The largest absolute Gasteiger partial charge is 0.260 e. The Morgan fingerprint density at radius 2 is 2.22 bits per heavy atom. The molecule has 1 aromatic rings. The quantitative estimate of drug-likeness (QED) is 0.893. The van der Waals surface area contributed by atoms with Crippen LogP contribution in [0.1, 0.15) is 19.3 Å². The van der Waals surface area contributed by atoms with E-state index in [4.69, 9.17) is 5.26 Å². The standard InChI is InChI=1S/C11H12FN3O2S/c12-9-4-10(7-14-6-9)18(16,17)15-11-3-1-2-8(11)5-13/h4,6-8,11,15H,1-3H2. The van der Waals surface area contributed by atoms with Gasteiger partial charge in [0.2, 0.25) is 10.0 Å². The molecule has 1 fully saturated rings. The average Bonchev–Trinajstić information content (AvgIpc) is 2.75. The van der Waals surface area contributed by atoms with Gasteiger partial charge in [-0.3, -0.25) is 4.98 Å². The minimum Gasteiger partial charge on any atom is -0.260 e. The van der Waals surface area contributed by atoms with Gasteiger partial charge in [-0.05, 0) is 18.9 Å². The second-order valence-corrected chi connectivity index (χ2v) is 5.95. The van der Waals surface area contributed by atoms with E-state index in [1.54, 1.807) is 0 Å². The fraction of sp³-hybridized carbons (Fsp3) is 0.455. The maximum atomic E-state index is 12.9. The average molecular weight is 269 g/mol. The molecule has 18 heavy (non-hydrogen) atoms. The molecule has 1 heterocycles. The molecule has 0 aliphatic heterocycles. The van der Waals surface area contributed by atoms with Gasteiger partial charge in [-0.2, -0.15) is 5.26 Å². The topological polar surface area (TPSA) is 82.9 Å². The number of aromatic nitrogens is 1. The predicted molar refractivity (Wildman–Crippen MR) is 61.3 cm³/mol. The van der Waals surface area contributed by atoms with Crippen LogP contribution < -0.4 is 4.72 Å². The van der Waals surface area contributed by atoms with E-state index >= 15 is 0 Å². The minimum absolute atomic E-state index is 0.217. The van der Waals surface area contributed by atoms with Crippen LogP contribution >= 0.6 is 0 Å². The monoisotopic (exact) mass is 269 g/mol. The second-order valence-electron chi connectivity index (χ2n) is 4.23. The molecule has 7 heteroatoms. The Hall–Kier alpha value is -1.52. The Kier molecular flexibility index (Phi) is 3.59. The first-order valence-electron chi connectivity index (χ1n) is 5.55. The smallest absolute Gasteiger partial charge is 0.242 e. The van der Waals surface area contributed by atoms with E-state index in [0.29, 0.717) is 12.8 Å². The minimum atomic E-state index is -3.81. The highest BCUT2D eigenvalue weighted by molar-refractivity contribution is 7.89. The molecule has 0 spiro atoms. The van der Waals surface area contributed by atoms with Crippen LogP contribution in [0.2, 0.25) is 0 Å². The molecule has 5 nitrogen and oxygen atoms in total. The molecule has 0 bridgehead atoms. The van der Waals surface area contributed by atoms with E-state index in [0.717, 1.165) is 24.9 Å². The molecular formula is C11H12FN3O2S. The number of rotatable bonds is 3. The van der Waals surface area contributed by atoms with Crippen LogP contribution in [0.25, 0.3) is 0 Å². The molecule has 1 aromatic heterocycles. The number of nitriles is 1. The maximum Gasteiger partial charge on any atom is 0.242 e. The lowest BCUT2D eigenvalue weighted by Crippen LogP contribution is -2.36. The first-order valence-corrected chi connectivity index (χ1v) is 7.04. The normalized spacial score (nSPS) is 23.8. The van der Waals surface area contributed by atoms with Gasteiger partial charge in [0.25, 0.3) is 0 Å². The summed E-state index contributed by atoms with van der Waals surface area (Å²) in [4.78, 5) is 3.29. The molecule has 0 radical (unpaired) electrons. The van der Waals surface area contributed by atoms with E-state index in [1.165, 1.54) is 0 Å². The summed E-state index contributed by atoms with van der Waals surface area (Å²) in [7, 11) is -3.81. The van der Waals surface area contributed by atoms with Crippen LogP contribution in [0.3, 0.4) is 0 Å². The Labute approximate surface area is 105 Å². The summed E-state index contributed by atoms with van der Waals surface area (Å²) in [6.07, 6.45) is 4.15. The molecule has 1 aliphatic carbocycles. The van der Waals surface area contributed by atoms with Crippen LogP contribution in [0.4, 0.5) is 4.39 Å². The number of hydrogen-bond acceptors (Lipinski definition) is 4. The van der Waals surface area contributed by atoms with E-state index in [9.17, 15) is 12.8 Å². The maximum absolute atomic E-state index is 12.9. The van der Waals surface area contributed by atoms with Crippen LogP contribution in [0.15, 0.2) is 23.4 Å². The molecule has 1 saturated carbocycles. The fourth-order valence-electron chi connectivity index (χ4n) is 2.06. The summed E-state index contributed by atoms with van der Waals surface area (Å²) >= 11 is 0. The van der Waals surface area contributed by atoms with Crippen LogP contribution in [-0.4, -0.2) is 19.4 Å². The summed E-state index contributed by atoms with van der Waals surface area (Å²) in [5.41, 5.74) is 0. The van der Waals surface area contributed by atoms with E-state index in [-0.39, 0.29) is 10.8 Å². The summed E-state index contributed by atoms with van der Waals surface area (Å²) < 4.78 is 39.3. The van der Waals surface area contributed by atoms with Crippen molar-refractivity contribution in [1.82, 2.24) is 9.71 Å². The van der Waals surface area contributed by atoms with Gasteiger partial charge >= 0.3 is 0 Å². The zero-order chi connectivity index (χ0) is 13.2.